The number of carbonyl (C=O) groups is 3. The molecule has 0 bridgehead atoms. The number of amides is 4. The van der Waals surface area contributed by atoms with Crippen LogP contribution >= 0.6 is 22.6 Å². The third kappa shape index (κ3) is 3.25. The molecule has 1 saturated heterocycles. The molecule has 0 atom stereocenters. The molecule has 1 aliphatic rings. The van der Waals surface area contributed by atoms with Crippen LogP contribution in [0.5, 0.6) is 5.75 Å². The lowest BCUT2D eigenvalue weighted by atomic mass is 10.1. The van der Waals surface area contributed by atoms with Crippen LogP contribution in [-0.4, -0.2) is 23.0 Å². The fourth-order valence-electron chi connectivity index (χ4n) is 2.29. The summed E-state index contributed by atoms with van der Waals surface area (Å²) >= 11 is 1.90. The van der Waals surface area contributed by atoms with Crippen LogP contribution in [0.4, 0.5) is 14.9 Å². The van der Waals surface area contributed by atoms with Crippen LogP contribution in [0.25, 0.3) is 6.08 Å². The van der Waals surface area contributed by atoms with E-state index in [1.165, 1.54) is 36.4 Å². The van der Waals surface area contributed by atoms with Crippen LogP contribution in [-0.2, 0) is 9.59 Å². The maximum atomic E-state index is 14.0. The van der Waals surface area contributed by atoms with Crippen molar-refractivity contribution in [2.24, 2.45) is 0 Å². The standard InChI is InChI=1S/C17H10FIN2O4/c18-11-3-1-2-4-13(11)21-16(24)10(15(23)20-17(21)25)7-9-5-6-14(22)12(19)8-9/h1-8,22H,(H,20,23,25)/b10-7+. The second kappa shape index (κ2) is 6.63. The zero-order valence-electron chi connectivity index (χ0n) is 12.5. The average molecular weight is 452 g/mol. The van der Waals surface area contributed by atoms with Crippen molar-refractivity contribution in [3.05, 3.63) is 63.0 Å². The molecular formula is C17H10FIN2O4. The largest absolute Gasteiger partial charge is 0.507 e. The summed E-state index contributed by atoms with van der Waals surface area (Å²) in [6.07, 6.45) is 1.28. The van der Waals surface area contributed by atoms with Crippen LogP contribution in [0.2, 0.25) is 0 Å². The normalized spacial score (nSPS) is 16.3. The number of nitrogens with zero attached hydrogens (tertiary/aromatic N) is 1. The van der Waals surface area contributed by atoms with Crippen LogP contribution in [0.15, 0.2) is 48.0 Å². The fourth-order valence-corrected chi connectivity index (χ4v) is 2.83. The molecule has 4 amide bonds. The van der Waals surface area contributed by atoms with Crippen molar-refractivity contribution in [2.75, 3.05) is 4.90 Å². The number of barbiturate groups is 1. The molecule has 0 radical (unpaired) electrons. The number of aromatic hydroxyl groups is 1. The van der Waals surface area contributed by atoms with Gasteiger partial charge >= 0.3 is 6.03 Å². The molecule has 6 nitrogen and oxygen atoms in total. The van der Waals surface area contributed by atoms with Gasteiger partial charge in [-0.05, 0) is 58.5 Å². The van der Waals surface area contributed by atoms with Gasteiger partial charge in [0, 0.05) is 0 Å². The Labute approximate surface area is 155 Å². The second-order valence-corrected chi connectivity index (χ2v) is 6.28. The Hall–Kier alpha value is -2.75. The predicted octanol–water partition coefficient (Wildman–Crippen LogP) is 2.80. The molecule has 0 saturated carbocycles. The Morgan fingerprint density at radius 3 is 2.52 bits per heavy atom. The lowest BCUT2D eigenvalue weighted by Crippen LogP contribution is -2.54. The summed E-state index contributed by atoms with van der Waals surface area (Å²) in [5, 5.41) is 11.6. The molecule has 0 aromatic heterocycles. The molecule has 1 fully saturated rings. The average Bonchev–Trinajstić information content (AvgIpc) is 2.56. The Balaban J connectivity index is 2.05. The Morgan fingerprint density at radius 1 is 1.12 bits per heavy atom. The van der Waals surface area contributed by atoms with Crippen molar-refractivity contribution in [2.45, 2.75) is 0 Å². The third-order valence-electron chi connectivity index (χ3n) is 3.48. The molecule has 8 heteroatoms. The molecule has 25 heavy (non-hydrogen) atoms. The van der Waals surface area contributed by atoms with E-state index in [9.17, 15) is 23.9 Å². The number of halogens is 2. The van der Waals surface area contributed by atoms with Crippen molar-refractivity contribution in [3.8, 4) is 5.75 Å². The third-order valence-corrected chi connectivity index (χ3v) is 4.34. The van der Waals surface area contributed by atoms with Gasteiger partial charge in [-0.3, -0.25) is 14.9 Å². The summed E-state index contributed by atoms with van der Waals surface area (Å²) in [7, 11) is 0. The summed E-state index contributed by atoms with van der Waals surface area (Å²) in [5.74, 6) is -2.50. The van der Waals surface area contributed by atoms with Crippen molar-refractivity contribution in [3.63, 3.8) is 0 Å². The van der Waals surface area contributed by atoms with E-state index < -0.39 is 23.7 Å². The minimum absolute atomic E-state index is 0.0605. The quantitative estimate of drug-likeness (QED) is 0.417. The Morgan fingerprint density at radius 2 is 1.84 bits per heavy atom. The Kier molecular flexibility index (Phi) is 4.53. The first kappa shape index (κ1) is 17.1. The minimum Gasteiger partial charge on any atom is -0.507 e. The number of urea groups is 1. The lowest BCUT2D eigenvalue weighted by Gasteiger charge is -2.26. The van der Waals surface area contributed by atoms with Crippen LogP contribution < -0.4 is 10.2 Å². The highest BCUT2D eigenvalue weighted by Crippen LogP contribution is 2.26. The van der Waals surface area contributed by atoms with Crippen molar-refractivity contribution in [1.29, 1.82) is 0 Å². The maximum absolute atomic E-state index is 14.0. The van der Waals surface area contributed by atoms with E-state index in [-0.39, 0.29) is 17.0 Å². The van der Waals surface area contributed by atoms with E-state index in [0.717, 1.165) is 6.07 Å². The number of phenols is 1. The summed E-state index contributed by atoms with van der Waals surface area (Å²) in [6.45, 7) is 0. The van der Waals surface area contributed by atoms with E-state index in [4.69, 9.17) is 0 Å². The highest BCUT2D eigenvalue weighted by Gasteiger charge is 2.37. The summed E-state index contributed by atoms with van der Waals surface area (Å²) in [6, 6.07) is 8.74. The monoisotopic (exact) mass is 452 g/mol. The Bertz CT molecular complexity index is 942. The van der Waals surface area contributed by atoms with Gasteiger partial charge in [0.1, 0.15) is 17.1 Å². The number of benzene rings is 2. The predicted molar refractivity (Wildman–Crippen MR) is 96.2 cm³/mol. The highest BCUT2D eigenvalue weighted by atomic mass is 127. The highest BCUT2D eigenvalue weighted by molar-refractivity contribution is 14.1. The zero-order chi connectivity index (χ0) is 18.1. The van der Waals surface area contributed by atoms with Gasteiger partial charge in [-0.1, -0.05) is 18.2 Å². The van der Waals surface area contributed by atoms with Gasteiger partial charge in [-0.15, -0.1) is 0 Å². The number of para-hydroxylation sites is 1. The van der Waals surface area contributed by atoms with Gasteiger partial charge in [0.25, 0.3) is 11.8 Å². The number of carbonyl (C=O) groups excluding carboxylic acids is 3. The summed E-state index contributed by atoms with van der Waals surface area (Å²) in [5.41, 5.74) is -0.0865. The number of hydrogen-bond donors (Lipinski definition) is 2. The van der Waals surface area contributed by atoms with Crippen LogP contribution in [0.1, 0.15) is 5.56 Å². The molecular weight excluding hydrogens is 442 g/mol. The maximum Gasteiger partial charge on any atom is 0.336 e. The SMILES string of the molecule is O=C1NC(=O)N(c2ccccc2F)C(=O)/C1=C/c1ccc(O)c(I)c1. The van der Waals surface area contributed by atoms with E-state index in [1.807, 2.05) is 27.9 Å². The van der Waals surface area contributed by atoms with Crippen LogP contribution in [0.3, 0.4) is 0 Å². The van der Waals surface area contributed by atoms with Gasteiger partial charge < -0.3 is 5.11 Å². The first-order valence-corrected chi connectivity index (χ1v) is 8.11. The van der Waals surface area contributed by atoms with Crippen LogP contribution in [0, 0.1) is 9.39 Å². The van der Waals surface area contributed by atoms with Gasteiger partial charge in [-0.2, -0.15) is 0 Å². The van der Waals surface area contributed by atoms with E-state index in [2.05, 4.69) is 0 Å². The molecule has 0 spiro atoms. The molecule has 1 heterocycles. The van der Waals surface area contributed by atoms with E-state index >= 15 is 0 Å². The molecule has 1 aliphatic heterocycles. The molecule has 3 rings (SSSR count). The second-order valence-electron chi connectivity index (χ2n) is 5.12. The zero-order valence-corrected chi connectivity index (χ0v) is 14.7. The fraction of sp³-hybridized carbons (Fsp3) is 0. The van der Waals surface area contributed by atoms with E-state index in [1.54, 1.807) is 6.07 Å². The van der Waals surface area contributed by atoms with Crippen molar-refractivity contribution in [1.82, 2.24) is 5.32 Å². The van der Waals surface area contributed by atoms with E-state index in [0.29, 0.717) is 14.0 Å². The molecule has 0 aliphatic carbocycles. The van der Waals surface area contributed by atoms with Crippen molar-refractivity contribution < 1.29 is 23.9 Å². The molecule has 2 N–H and O–H groups in total. The van der Waals surface area contributed by atoms with Gasteiger partial charge in [0.05, 0.1) is 9.26 Å². The lowest BCUT2D eigenvalue weighted by molar-refractivity contribution is -0.122. The van der Waals surface area contributed by atoms with Gasteiger partial charge in [0.15, 0.2) is 0 Å². The molecule has 2 aromatic carbocycles. The molecule has 0 unspecified atom stereocenters. The topological polar surface area (TPSA) is 86.7 Å². The molecule has 2 aromatic rings. The first-order valence-electron chi connectivity index (χ1n) is 7.03. The van der Waals surface area contributed by atoms with Crippen molar-refractivity contribution >= 4 is 52.2 Å². The number of nitrogens with one attached hydrogen (secondary N) is 1. The first-order chi connectivity index (χ1) is 11.9. The minimum atomic E-state index is -1.02. The number of anilines is 1. The summed E-state index contributed by atoms with van der Waals surface area (Å²) < 4.78 is 14.5. The smallest absolute Gasteiger partial charge is 0.336 e. The van der Waals surface area contributed by atoms with Gasteiger partial charge in [0.2, 0.25) is 0 Å². The summed E-state index contributed by atoms with van der Waals surface area (Å²) in [4.78, 5) is 37.2. The number of rotatable bonds is 2. The van der Waals surface area contributed by atoms with Gasteiger partial charge in [-0.25, -0.2) is 14.1 Å². The number of imide groups is 2. The number of hydrogen-bond acceptors (Lipinski definition) is 4. The number of phenolic OH excluding ortho intramolecular Hbond substituents is 1. The molecule has 126 valence electrons.